The molecule has 1 aromatic rings. The number of carbonyl (C=O) groups excluding carboxylic acids is 3. The monoisotopic (exact) mass is 499 g/mol. The Morgan fingerprint density at radius 1 is 1.11 bits per heavy atom. The number of ether oxygens (including phenoxy) is 1. The summed E-state index contributed by atoms with van der Waals surface area (Å²) in [6, 6.07) is 7.14. The number of nitrogens with zero attached hydrogens (tertiary/aromatic N) is 3. The number of likely N-dealkylation sites (N-methyl/N-ethyl adjacent to an activating group) is 1. The lowest BCUT2D eigenvalue weighted by atomic mass is 9.92. The van der Waals surface area contributed by atoms with Gasteiger partial charge in [0.25, 0.3) is 0 Å². The van der Waals surface area contributed by atoms with Gasteiger partial charge in [0.05, 0.1) is 18.2 Å². The van der Waals surface area contributed by atoms with Crippen LogP contribution in [0.1, 0.15) is 63.6 Å². The largest absolute Gasteiger partial charge is 0.463 e. The predicted octanol–water partition coefficient (Wildman–Crippen LogP) is 3.45. The molecule has 9 heteroatoms. The van der Waals surface area contributed by atoms with Crippen LogP contribution in [0.3, 0.4) is 0 Å². The second kappa shape index (κ2) is 12.8. The van der Waals surface area contributed by atoms with Crippen molar-refractivity contribution in [2.75, 3.05) is 52.9 Å². The van der Waals surface area contributed by atoms with Crippen LogP contribution in [0.2, 0.25) is 0 Å². The van der Waals surface area contributed by atoms with E-state index in [2.05, 4.69) is 29.4 Å². The summed E-state index contributed by atoms with van der Waals surface area (Å²) in [6.45, 7) is 12.1. The Morgan fingerprint density at radius 3 is 2.47 bits per heavy atom. The summed E-state index contributed by atoms with van der Waals surface area (Å²) >= 11 is 0. The smallest absolute Gasteiger partial charge is 0.338 e. The zero-order valence-electron chi connectivity index (χ0n) is 22.3. The molecule has 0 saturated carbocycles. The molecule has 0 spiro atoms. The number of esters is 1. The van der Waals surface area contributed by atoms with Crippen molar-refractivity contribution in [1.29, 1.82) is 0 Å². The van der Waals surface area contributed by atoms with Gasteiger partial charge in [-0.05, 0) is 36.8 Å². The van der Waals surface area contributed by atoms with Gasteiger partial charge in [-0.15, -0.1) is 0 Å². The molecule has 1 fully saturated rings. The van der Waals surface area contributed by atoms with Crippen LogP contribution in [-0.4, -0.2) is 85.7 Å². The molecule has 3 rings (SSSR count). The molecule has 0 aromatic heterocycles. The number of urea groups is 2. The molecule has 198 valence electrons. The molecule has 9 nitrogen and oxygen atoms in total. The standard InChI is InChI=1S/C27H41N5O4/c1-6-13-28-26(34)32-15-8-14-31(16-17-32)18-22-23(25(33)36-7-2)24(29-27(35)30(22)5)21-11-9-20(10-12-21)19(3)4/h9-12,19,24H,6-8,13-18H2,1-5H3,(H,28,34)(H,29,35)/t24-/m1/s1. The van der Waals surface area contributed by atoms with Gasteiger partial charge in [0.2, 0.25) is 0 Å². The molecule has 2 heterocycles. The van der Waals surface area contributed by atoms with E-state index in [0.29, 0.717) is 49.9 Å². The van der Waals surface area contributed by atoms with Gasteiger partial charge in [0.1, 0.15) is 0 Å². The second-order valence-corrected chi connectivity index (χ2v) is 9.69. The maximum absolute atomic E-state index is 13.2. The van der Waals surface area contributed by atoms with Crippen molar-refractivity contribution < 1.29 is 19.1 Å². The highest BCUT2D eigenvalue weighted by molar-refractivity contribution is 5.95. The van der Waals surface area contributed by atoms with E-state index in [0.717, 1.165) is 24.9 Å². The molecular weight excluding hydrogens is 458 g/mol. The van der Waals surface area contributed by atoms with E-state index < -0.39 is 12.0 Å². The third-order valence-electron chi connectivity index (χ3n) is 6.78. The molecule has 1 saturated heterocycles. The average molecular weight is 500 g/mol. The van der Waals surface area contributed by atoms with Gasteiger partial charge in [-0.1, -0.05) is 45.0 Å². The van der Waals surface area contributed by atoms with Crippen molar-refractivity contribution in [1.82, 2.24) is 25.3 Å². The Kier molecular flexibility index (Phi) is 9.75. The summed E-state index contributed by atoms with van der Waals surface area (Å²) in [6.07, 6.45) is 1.71. The fourth-order valence-electron chi connectivity index (χ4n) is 4.61. The van der Waals surface area contributed by atoms with E-state index in [1.807, 2.05) is 36.1 Å². The second-order valence-electron chi connectivity index (χ2n) is 9.69. The van der Waals surface area contributed by atoms with Crippen LogP contribution < -0.4 is 10.6 Å². The molecule has 36 heavy (non-hydrogen) atoms. The molecule has 2 aliphatic rings. The van der Waals surface area contributed by atoms with Crippen molar-refractivity contribution in [3.8, 4) is 0 Å². The summed E-state index contributed by atoms with van der Waals surface area (Å²) in [5.41, 5.74) is 3.13. The van der Waals surface area contributed by atoms with Crippen LogP contribution in [0.15, 0.2) is 35.5 Å². The lowest BCUT2D eigenvalue weighted by Gasteiger charge is -2.36. The zero-order chi connectivity index (χ0) is 26.2. The van der Waals surface area contributed by atoms with Gasteiger partial charge in [-0.25, -0.2) is 14.4 Å². The first-order valence-corrected chi connectivity index (χ1v) is 13.1. The SMILES string of the molecule is CCCNC(=O)N1CCCN(CC2=C(C(=O)OCC)[C@@H](c3ccc(C(C)C)cc3)NC(=O)N2C)CC1. The van der Waals surface area contributed by atoms with Crippen LogP contribution >= 0.6 is 0 Å². The van der Waals surface area contributed by atoms with Crippen molar-refractivity contribution in [3.63, 3.8) is 0 Å². The summed E-state index contributed by atoms with van der Waals surface area (Å²) in [5.74, 6) is -0.0407. The summed E-state index contributed by atoms with van der Waals surface area (Å²) < 4.78 is 5.45. The van der Waals surface area contributed by atoms with Gasteiger partial charge in [-0.3, -0.25) is 9.80 Å². The lowest BCUT2D eigenvalue weighted by Crippen LogP contribution is -2.49. The number of nitrogens with one attached hydrogen (secondary N) is 2. The zero-order valence-corrected chi connectivity index (χ0v) is 22.3. The van der Waals surface area contributed by atoms with Crippen LogP contribution in [-0.2, 0) is 9.53 Å². The van der Waals surface area contributed by atoms with Crippen molar-refractivity contribution in [2.45, 2.75) is 52.5 Å². The predicted molar refractivity (Wildman–Crippen MR) is 140 cm³/mol. The van der Waals surface area contributed by atoms with E-state index in [1.165, 1.54) is 10.5 Å². The maximum atomic E-state index is 13.2. The van der Waals surface area contributed by atoms with Crippen LogP contribution in [0.4, 0.5) is 9.59 Å². The fourth-order valence-corrected chi connectivity index (χ4v) is 4.61. The highest BCUT2D eigenvalue weighted by Crippen LogP contribution is 2.32. The van der Waals surface area contributed by atoms with Crippen molar-refractivity contribution in [2.24, 2.45) is 0 Å². The number of hydrogen-bond acceptors (Lipinski definition) is 5. The third-order valence-corrected chi connectivity index (χ3v) is 6.78. The Bertz CT molecular complexity index is 959. The highest BCUT2D eigenvalue weighted by atomic mass is 16.5. The number of amides is 4. The number of rotatable bonds is 8. The molecule has 2 N–H and O–H groups in total. The van der Waals surface area contributed by atoms with E-state index >= 15 is 0 Å². The average Bonchev–Trinajstić information content (AvgIpc) is 3.11. The van der Waals surface area contributed by atoms with Crippen molar-refractivity contribution in [3.05, 3.63) is 46.7 Å². The molecule has 0 bridgehead atoms. The van der Waals surface area contributed by atoms with Gasteiger partial charge < -0.3 is 20.3 Å². The van der Waals surface area contributed by atoms with Gasteiger partial charge in [-0.2, -0.15) is 0 Å². The van der Waals surface area contributed by atoms with Crippen molar-refractivity contribution >= 4 is 18.0 Å². The Balaban J connectivity index is 1.89. The number of carbonyl (C=O) groups is 3. The van der Waals surface area contributed by atoms with E-state index in [4.69, 9.17) is 4.74 Å². The van der Waals surface area contributed by atoms with E-state index in [9.17, 15) is 14.4 Å². The fraction of sp³-hybridized carbons (Fsp3) is 0.593. The summed E-state index contributed by atoms with van der Waals surface area (Å²) in [4.78, 5) is 44.2. The number of hydrogen-bond donors (Lipinski definition) is 2. The highest BCUT2D eigenvalue weighted by Gasteiger charge is 2.37. The maximum Gasteiger partial charge on any atom is 0.338 e. The molecule has 1 aromatic carbocycles. The van der Waals surface area contributed by atoms with E-state index in [-0.39, 0.29) is 18.7 Å². The third kappa shape index (κ3) is 6.57. The number of benzene rings is 1. The minimum Gasteiger partial charge on any atom is -0.463 e. The molecule has 0 aliphatic carbocycles. The Labute approximate surface area is 214 Å². The lowest BCUT2D eigenvalue weighted by molar-refractivity contribution is -0.139. The van der Waals surface area contributed by atoms with Gasteiger partial charge in [0, 0.05) is 52.0 Å². The minimum absolute atomic E-state index is 0.0378. The Hall–Kier alpha value is -3.07. The van der Waals surface area contributed by atoms with Gasteiger partial charge >= 0.3 is 18.0 Å². The van der Waals surface area contributed by atoms with Gasteiger partial charge in [0.15, 0.2) is 0 Å². The van der Waals surface area contributed by atoms with E-state index in [1.54, 1.807) is 14.0 Å². The van der Waals surface area contributed by atoms with Crippen LogP contribution in [0.25, 0.3) is 0 Å². The van der Waals surface area contributed by atoms with Crippen LogP contribution in [0, 0.1) is 0 Å². The molecular formula is C27H41N5O4. The topological polar surface area (TPSA) is 94.2 Å². The summed E-state index contributed by atoms with van der Waals surface area (Å²) in [7, 11) is 1.68. The van der Waals surface area contributed by atoms with Crippen LogP contribution in [0.5, 0.6) is 0 Å². The minimum atomic E-state index is -0.590. The molecule has 4 amide bonds. The first kappa shape index (κ1) is 27.5. The quantitative estimate of drug-likeness (QED) is 0.535. The molecule has 0 radical (unpaired) electrons. The molecule has 1 atom stereocenters. The normalized spacial score (nSPS) is 19.3. The molecule has 2 aliphatic heterocycles. The first-order valence-electron chi connectivity index (χ1n) is 13.1. The Morgan fingerprint density at radius 2 is 1.83 bits per heavy atom. The first-order chi connectivity index (χ1) is 17.3. The summed E-state index contributed by atoms with van der Waals surface area (Å²) in [5, 5.41) is 5.94. The molecule has 0 unspecified atom stereocenters.